The fourth-order valence-corrected chi connectivity index (χ4v) is 1.92. The smallest absolute Gasteiger partial charge is 0.341 e. The molecule has 1 aromatic carbocycles. The first-order valence-electron chi connectivity index (χ1n) is 6.64. The first kappa shape index (κ1) is 14.9. The molecular weight excluding hydrogens is 275 g/mol. The topological polar surface area (TPSA) is 72.2 Å². The molecule has 1 heterocycles. The number of rotatable bonds is 5. The number of carboxylic acid groups (broad SMARTS) is 1. The molecule has 0 atom stereocenters. The molecule has 0 radical (unpaired) electrons. The fourth-order valence-electron chi connectivity index (χ4n) is 1.92. The van der Waals surface area contributed by atoms with Crippen LogP contribution in [0, 0.1) is 5.82 Å². The highest BCUT2D eigenvalue weighted by Gasteiger charge is 2.15. The predicted molar refractivity (Wildman–Crippen MR) is 75.8 cm³/mol. The molecule has 5 nitrogen and oxygen atoms in total. The zero-order valence-corrected chi connectivity index (χ0v) is 11.5. The van der Waals surface area contributed by atoms with Gasteiger partial charge in [0, 0.05) is 12.1 Å². The van der Waals surface area contributed by atoms with Crippen molar-refractivity contribution in [2.45, 2.75) is 26.3 Å². The van der Waals surface area contributed by atoms with Crippen LogP contribution in [-0.4, -0.2) is 20.9 Å². The summed E-state index contributed by atoms with van der Waals surface area (Å²) in [6.45, 7) is 2.32. The number of hydrogen-bond donors (Lipinski definition) is 1. The minimum absolute atomic E-state index is 0.333. The lowest BCUT2D eigenvalue weighted by molar-refractivity contribution is 0.0693. The Bertz CT molecular complexity index is 708. The van der Waals surface area contributed by atoms with E-state index in [-0.39, 0.29) is 5.56 Å². The Kier molecular flexibility index (Phi) is 4.47. The number of hydrogen-bond acceptors (Lipinski definition) is 3. The quantitative estimate of drug-likeness (QED) is 0.918. The Morgan fingerprint density at radius 2 is 2.00 bits per heavy atom. The number of halogens is 1. The van der Waals surface area contributed by atoms with E-state index >= 15 is 0 Å². The second-order valence-electron chi connectivity index (χ2n) is 4.64. The third kappa shape index (κ3) is 3.34. The molecule has 1 aromatic heterocycles. The van der Waals surface area contributed by atoms with Crippen molar-refractivity contribution < 1.29 is 14.3 Å². The average Bonchev–Trinajstić information content (AvgIpc) is 2.47. The minimum Gasteiger partial charge on any atom is -0.477 e. The summed E-state index contributed by atoms with van der Waals surface area (Å²) in [6, 6.07) is 6.74. The fraction of sp³-hybridized carbons (Fsp3) is 0.267. The van der Waals surface area contributed by atoms with Crippen LogP contribution in [0.4, 0.5) is 4.39 Å². The van der Waals surface area contributed by atoms with E-state index in [1.54, 1.807) is 0 Å². The highest BCUT2D eigenvalue weighted by molar-refractivity contribution is 5.88. The van der Waals surface area contributed by atoms with E-state index in [9.17, 15) is 14.0 Å². The zero-order valence-electron chi connectivity index (χ0n) is 11.5. The first-order valence-corrected chi connectivity index (χ1v) is 6.64. The summed E-state index contributed by atoms with van der Waals surface area (Å²) in [7, 11) is 0. The van der Waals surface area contributed by atoms with E-state index in [0.717, 1.165) is 17.5 Å². The predicted octanol–water partition coefficient (Wildman–Crippen LogP) is 2.55. The second-order valence-corrected chi connectivity index (χ2v) is 4.64. The van der Waals surface area contributed by atoms with Crippen LogP contribution in [0.2, 0.25) is 0 Å². The van der Waals surface area contributed by atoms with Gasteiger partial charge in [0.25, 0.3) is 5.56 Å². The molecule has 110 valence electrons. The second kappa shape index (κ2) is 6.30. The average molecular weight is 290 g/mol. The molecule has 0 unspecified atom stereocenters. The van der Waals surface area contributed by atoms with Gasteiger partial charge in [-0.25, -0.2) is 13.9 Å². The molecule has 0 spiro atoms. The number of aromatic nitrogens is 2. The van der Waals surface area contributed by atoms with Crippen LogP contribution in [0.25, 0.3) is 11.3 Å². The van der Waals surface area contributed by atoms with Gasteiger partial charge in [0.05, 0.1) is 5.69 Å². The van der Waals surface area contributed by atoms with Gasteiger partial charge in [-0.1, -0.05) is 13.3 Å². The van der Waals surface area contributed by atoms with Gasteiger partial charge >= 0.3 is 5.97 Å². The maximum atomic E-state index is 13.0. The maximum Gasteiger partial charge on any atom is 0.341 e. The van der Waals surface area contributed by atoms with Gasteiger partial charge in [-0.2, -0.15) is 5.10 Å². The number of carbonyl (C=O) groups is 1. The summed E-state index contributed by atoms with van der Waals surface area (Å²) in [4.78, 5) is 23.2. The van der Waals surface area contributed by atoms with Gasteiger partial charge in [-0.05, 0) is 36.8 Å². The Hall–Kier alpha value is -2.50. The largest absolute Gasteiger partial charge is 0.477 e. The van der Waals surface area contributed by atoms with E-state index in [1.165, 1.54) is 30.3 Å². The lowest BCUT2D eigenvalue weighted by atomic mass is 10.1. The van der Waals surface area contributed by atoms with Crippen LogP contribution >= 0.6 is 0 Å². The third-order valence-corrected chi connectivity index (χ3v) is 3.07. The van der Waals surface area contributed by atoms with Crippen molar-refractivity contribution in [1.82, 2.24) is 9.78 Å². The van der Waals surface area contributed by atoms with Crippen LogP contribution in [0.3, 0.4) is 0 Å². The number of unbranched alkanes of at least 4 members (excludes halogenated alkanes) is 1. The van der Waals surface area contributed by atoms with Crippen LogP contribution in [-0.2, 0) is 6.54 Å². The zero-order chi connectivity index (χ0) is 15.4. The van der Waals surface area contributed by atoms with Crippen molar-refractivity contribution in [3.05, 3.63) is 52.1 Å². The monoisotopic (exact) mass is 290 g/mol. The summed E-state index contributed by atoms with van der Waals surface area (Å²) in [6.07, 6.45) is 1.58. The number of benzene rings is 1. The van der Waals surface area contributed by atoms with Crippen molar-refractivity contribution in [2.24, 2.45) is 0 Å². The van der Waals surface area contributed by atoms with Gasteiger partial charge < -0.3 is 5.11 Å². The Balaban J connectivity index is 2.55. The summed E-state index contributed by atoms with van der Waals surface area (Å²) in [5, 5.41) is 13.3. The molecule has 0 aliphatic rings. The molecule has 0 bridgehead atoms. The van der Waals surface area contributed by atoms with Crippen LogP contribution in [0.5, 0.6) is 0 Å². The number of nitrogens with zero attached hydrogens (tertiary/aromatic N) is 2. The van der Waals surface area contributed by atoms with Crippen LogP contribution < -0.4 is 5.56 Å². The standard InChI is InChI=1S/C15H15FN2O3/c1-2-3-8-18-14(19)12(15(20)21)9-13(17-18)10-4-6-11(16)7-5-10/h4-7,9H,2-3,8H2,1H3,(H,20,21). The van der Waals surface area contributed by atoms with E-state index in [2.05, 4.69) is 5.10 Å². The van der Waals surface area contributed by atoms with E-state index in [4.69, 9.17) is 5.11 Å². The lowest BCUT2D eigenvalue weighted by Crippen LogP contribution is -2.29. The Morgan fingerprint density at radius 1 is 1.33 bits per heavy atom. The normalized spacial score (nSPS) is 10.6. The van der Waals surface area contributed by atoms with Crippen molar-refractivity contribution in [3.8, 4) is 11.3 Å². The van der Waals surface area contributed by atoms with E-state index in [1.807, 2.05) is 6.92 Å². The summed E-state index contributed by atoms with van der Waals surface area (Å²) >= 11 is 0. The van der Waals surface area contributed by atoms with Gasteiger partial charge in [0.15, 0.2) is 0 Å². The van der Waals surface area contributed by atoms with E-state index in [0.29, 0.717) is 17.8 Å². The van der Waals surface area contributed by atoms with Crippen molar-refractivity contribution in [3.63, 3.8) is 0 Å². The van der Waals surface area contributed by atoms with Crippen LogP contribution in [0.15, 0.2) is 35.1 Å². The lowest BCUT2D eigenvalue weighted by Gasteiger charge is -2.08. The molecule has 0 aliphatic carbocycles. The van der Waals surface area contributed by atoms with Gasteiger partial charge in [0.2, 0.25) is 0 Å². The van der Waals surface area contributed by atoms with Crippen molar-refractivity contribution >= 4 is 5.97 Å². The maximum absolute atomic E-state index is 13.0. The minimum atomic E-state index is -1.30. The van der Waals surface area contributed by atoms with Crippen molar-refractivity contribution in [2.75, 3.05) is 0 Å². The van der Waals surface area contributed by atoms with Gasteiger partial charge in [-0.15, -0.1) is 0 Å². The molecule has 0 saturated heterocycles. The van der Waals surface area contributed by atoms with Crippen molar-refractivity contribution in [1.29, 1.82) is 0 Å². The molecule has 6 heteroatoms. The number of aryl methyl sites for hydroxylation is 1. The van der Waals surface area contributed by atoms with Gasteiger partial charge in [-0.3, -0.25) is 4.79 Å². The Morgan fingerprint density at radius 3 is 2.57 bits per heavy atom. The molecule has 2 aromatic rings. The molecule has 0 amide bonds. The molecular formula is C15H15FN2O3. The number of carboxylic acids is 1. The summed E-state index contributed by atoms with van der Waals surface area (Å²) < 4.78 is 14.1. The third-order valence-electron chi connectivity index (χ3n) is 3.07. The van der Waals surface area contributed by atoms with E-state index < -0.39 is 17.3 Å². The molecule has 21 heavy (non-hydrogen) atoms. The molecule has 0 fully saturated rings. The first-order chi connectivity index (χ1) is 10.0. The van der Waals surface area contributed by atoms with Gasteiger partial charge in [0.1, 0.15) is 11.4 Å². The highest BCUT2D eigenvalue weighted by atomic mass is 19.1. The molecule has 0 aliphatic heterocycles. The summed E-state index contributed by atoms with van der Waals surface area (Å²) in [5.41, 5.74) is -0.0607. The number of aromatic carboxylic acids is 1. The molecule has 2 rings (SSSR count). The summed E-state index contributed by atoms with van der Waals surface area (Å²) in [5.74, 6) is -1.69. The molecule has 1 N–H and O–H groups in total. The Labute approximate surface area is 120 Å². The van der Waals surface area contributed by atoms with Crippen LogP contribution in [0.1, 0.15) is 30.1 Å². The molecule has 0 saturated carbocycles. The SMILES string of the molecule is CCCCn1nc(-c2ccc(F)cc2)cc(C(=O)O)c1=O. The highest BCUT2D eigenvalue weighted by Crippen LogP contribution is 2.17.